The number of carbonyl (C=O) groups is 1. The van der Waals surface area contributed by atoms with Crippen molar-refractivity contribution in [2.45, 2.75) is 25.0 Å². The summed E-state index contributed by atoms with van der Waals surface area (Å²) in [6, 6.07) is 0. The highest BCUT2D eigenvalue weighted by atomic mass is 32.1. The van der Waals surface area contributed by atoms with Crippen molar-refractivity contribution < 1.29 is 9.53 Å². The third-order valence-electron chi connectivity index (χ3n) is 5.73. The third-order valence-corrected chi connectivity index (χ3v) is 6.49. The number of amides is 1. The molecule has 2 aromatic heterocycles. The van der Waals surface area contributed by atoms with Crippen LogP contribution in [0.1, 0.15) is 17.8 Å². The summed E-state index contributed by atoms with van der Waals surface area (Å²) in [7, 11) is 1.67. The average molecular weight is 403 g/mol. The van der Waals surface area contributed by atoms with Crippen molar-refractivity contribution in [3.05, 3.63) is 35.2 Å². The number of likely N-dealkylation sites (tertiary alicyclic amines) is 1. The van der Waals surface area contributed by atoms with E-state index in [9.17, 15) is 4.79 Å². The molecule has 28 heavy (non-hydrogen) atoms. The fourth-order valence-electron chi connectivity index (χ4n) is 3.98. The molecule has 0 aromatic carbocycles. The molecular weight excluding hydrogens is 376 g/mol. The molecule has 4 heterocycles. The Balaban J connectivity index is 1.33. The lowest BCUT2D eigenvalue weighted by Gasteiger charge is -2.44. The Kier molecular flexibility index (Phi) is 5.84. The minimum absolute atomic E-state index is 0.127. The summed E-state index contributed by atoms with van der Waals surface area (Å²) in [6.07, 6.45) is 8.43. The van der Waals surface area contributed by atoms with Crippen LogP contribution in [-0.4, -0.2) is 82.6 Å². The first-order valence-electron chi connectivity index (χ1n) is 9.66. The molecule has 2 saturated heterocycles. The first kappa shape index (κ1) is 19.2. The van der Waals surface area contributed by atoms with E-state index in [1.54, 1.807) is 37.0 Å². The quantitative estimate of drug-likeness (QED) is 0.745. The fourth-order valence-corrected chi connectivity index (χ4v) is 4.64. The second kappa shape index (κ2) is 8.50. The van der Waals surface area contributed by atoms with Crippen LogP contribution in [-0.2, 0) is 16.1 Å². The first-order chi connectivity index (χ1) is 13.7. The van der Waals surface area contributed by atoms with E-state index in [2.05, 4.69) is 24.8 Å². The summed E-state index contributed by atoms with van der Waals surface area (Å²) >= 11 is 1.68. The highest BCUT2D eigenvalue weighted by Gasteiger charge is 2.44. The van der Waals surface area contributed by atoms with Crippen molar-refractivity contribution in [2.24, 2.45) is 0 Å². The number of hydrogen-bond donors (Lipinski definition) is 0. The van der Waals surface area contributed by atoms with Gasteiger partial charge in [-0.15, -0.1) is 11.3 Å². The highest BCUT2D eigenvalue weighted by Crippen LogP contribution is 2.30. The number of rotatable bonds is 5. The summed E-state index contributed by atoms with van der Waals surface area (Å²) in [5.41, 5.74) is -0.700. The number of thiazole rings is 1. The van der Waals surface area contributed by atoms with Gasteiger partial charge in [0.15, 0.2) is 0 Å². The van der Waals surface area contributed by atoms with Gasteiger partial charge in [-0.3, -0.25) is 14.7 Å². The largest absolute Gasteiger partial charge is 0.368 e. The number of piperidine rings is 1. The Labute approximate surface area is 169 Å². The molecule has 0 unspecified atom stereocenters. The Morgan fingerprint density at radius 1 is 1.11 bits per heavy atom. The van der Waals surface area contributed by atoms with Gasteiger partial charge >= 0.3 is 0 Å². The van der Waals surface area contributed by atoms with E-state index < -0.39 is 5.60 Å². The van der Waals surface area contributed by atoms with Crippen LogP contribution in [0.15, 0.2) is 30.2 Å². The van der Waals surface area contributed by atoms with Gasteiger partial charge in [-0.05, 0) is 12.8 Å². The molecule has 4 rings (SSSR count). The summed E-state index contributed by atoms with van der Waals surface area (Å²) in [5.74, 6) is 0.995. The van der Waals surface area contributed by atoms with Crippen LogP contribution in [0.5, 0.6) is 0 Å². The molecule has 2 aromatic rings. The lowest BCUT2D eigenvalue weighted by Crippen LogP contribution is -2.59. The molecule has 0 bridgehead atoms. The Morgan fingerprint density at radius 3 is 2.50 bits per heavy atom. The number of aromatic nitrogens is 3. The highest BCUT2D eigenvalue weighted by molar-refractivity contribution is 7.09. The second-order valence-corrected chi connectivity index (χ2v) is 8.22. The van der Waals surface area contributed by atoms with Crippen LogP contribution in [0.2, 0.25) is 0 Å². The topological polar surface area (TPSA) is 74.7 Å². The third kappa shape index (κ3) is 4.01. The van der Waals surface area contributed by atoms with Gasteiger partial charge in [-0.25, -0.2) is 9.97 Å². The number of ether oxygens (including phenoxy) is 1. The van der Waals surface area contributed by atoms with Crippen molar-refractivity contribution in [1.29, 1.82) is 0 Å². The molecule has 2 aliphatic heterocycles. The molecule has 0 saturated carbocycles. The van der Waals surface area contributed by atoms with Crippen molar-refractivity contribution in [3.8, 4) is 0 Å². The van der Waals surface area contributed by atoms with E-state index in [4.69, 9.17) is 4.74 Å². The van der Waals surface area contributed by atoms with Crippen molar-refractivity contribution in [3.63, 3.8) is 0 Å². The molecule has 1 amide bonds. The van der Waals surface area contributed by atoms with E-state index in [1.165, 1.54) is 0 Å². The lowest BCUT2D eigenvalue weighted by atomic mass is 9.89. The van der Waals surface area contributed by atoms with Gasteiger partial charge in [0, 0.05) is 70.3 Å². The lowest BCUT2D eigenvalue weighted by molar-refractivity contribution is -0.161. The minimum atomic E-state index is -0.700. The van der Waals surface area contributed by atoms with Gasteiger partial charge in [-0.2, -0.15) is 0 Å². The molecule has 9 heteroatoms. The number of hydrogen-bond acceptors (Lipinski definition) is 8. The van der Waals surface area contributed by atoms with E-state index >= 15 is 0 Å². The Hall–Kier alpha value is -2.10. The molecule has 150 valence electrons. The fraction of sp³-hybridized carbons (Fsp3) is 0.579. The summed E-state index contributed by atoms with van der Waals surface area (Å²) < 4.78 is 5.82. The molecule has 2 aliphatic rings. The van der Waals surface area contributed by atoms with Gasteiger partial charge in [0.1, 0.15) is 16.4 Å². The van der Waals surface area contributed by atoms with Crippen molar-refractivity contribution in [1.82, 2.24) is 24.8 Å². The monoisotopic (exact) mass is 402 g/mol. The first-order valence-corrected chi connectivity index (χ1v) is 10.5. The molecule has 0 spiro atoms. The van der Waals surface area contributed by atoms with Crippen LogP contribution in [0, 0.1) is 0 Å². The number of nitrogens with zero attached hydrogens (tertiary/aromatic N) is 6. The van der Waals surface area contributed by atoms with Crippen LogP contribution in [0.4, 0.5) is 5.82 Å². The predicted octanol–water partition coefficient (Wildman–Crippen LogP) is 1.26. The Bertz CT molecular complexity index is 756. The van der Waals surface area contributed by atoms with Gasteiger partial charge in [0.2, 0.25) is 0 Å². The average Bonchev–Trinajstić information content (AvgIpc) is 3.28. The molecular formula is C19H26N6O2S. The smallest absolute Gasteiger partial charge is 0.255 e. The molecule has 0 atom stereocenters. The van der Waals surface area contributed by atoms with Crippen molar-refractivity contribution in [2.75, 3.05) is 51.3 Å². The van der Waals surface area contributed by atoms with E-state index in [0.29, 0.717) is 13.1 Å². The van der Waals surface area contributed by atoms with E-state index in [0.717, 1.165) is 56.4 Å². The van der Waals surface area contributed by atoms with Gasteiger partial charge in [0.05, 0.1) is 12.7 Å². The van der Waals surface area contributed by atoms with Crippen LogP contribution >= 0.6 is 11.3 Å². The van der Waals surface area contributed by atoms with Crippen LogP contribution in [0.25, 0.3) is 0 Å². The normalized spacial score (nSPS) is 20.3. The summed E-state index contributed by atoms with van der Waals surface area (Å²) in [4.78, 5) is 32.6. The molecule has 8 nitrogen and oxygen atoms in total. The SMILES string of the molecule is COC1(C(=O)N2CCN(c3cnccn3)CC2)CCN(Cc2nccs2)CC1. The molecule has 0 N–H and O–H groups in total. The number of carbonyl (C=O) groups excluding carboxylic acids is 1. The van der Waals surface area contributed by atoms with Gasteiger partial charge in [-0.1, -0.05) is 0 Å². The van der Waals surface area contributed by atoms with E-state index in [-0.39, 0.29) is 5.91 Å². The Morgan fingerprint density at radius 2 is 1.89 bits per heavy atom. The van der Waals surface area contributed by atoms with Gasteiger partial charge in [0.25, 0.3) is 5.91 Å². The van der Waals surface area contributed by atoms with Crippen LogP contribution < -0.4 is 4.90 Å². The maximum Gasteiger partial charge on any atom is 0.255 e. The van der Waals surface area contributed by atoms with Crippen LogP contribution in [0.3, 0.4) is 0 Å². The van der Waals surface area contributed by atoms with E-state index in [1.807, 2.05) is 16.5 Å². The zero-order valence-corrected chi connectivity index (χ0v) is 17.0. The molecule has 2 fully saturated rings. The summed E-state index contributed by atoms with van der Waals surface area (Å²) in [5, 5.41) is 3.12. The zero-order chi connectivity index (χ0) is 19.4. The zero-order valence-electron chi connectivity index (χ0n) is 16.2. The second-order valence-electron chi connectivity index (χ2n) is 7.24. The summed E-state index contributed by atoms with van der Waals surface area (Å²) in [6.45, 7) is 5.44. The van der Waals surface area contributed by atoms with Crippen molar-refractivity contribution >= 4 is 23.1 Å². The maximum atomic E-state index is 13.3. The predicted molar refractivity (Wildman–Crippen MR) is 107 cm³/mol. The minimum Gasteiger partial charge on any atom is -0.368 e. The number of anilines is 1. The molecule has 0 radical (unpaired) electrons. The maximum absolute atomic E-state index is 13.3. The number of piperazine rings is 1. The van der Waals surface area contributed by atoms with Gasteiger partial charge < -0.3 is 14.5 Å². The molecule has 0 aliphatic carbocycles. The number of methoxy groups -OCH3 is 1. The standard InChI is InChI=1S/C19H26N6O2S/c1-27-19(2-7-23(8-3-19)15-17-22-6-13-28-17)18(26)25-11-9-24(10-12-25)16-14-20-4-5-21-16/h4-6,13-14H,2-3,7-12,15H2,1H3.